The molecule has 1 heterocycles. The molecule has 5 nitrogen and oxygen atoms in total. The van der Waals surface area contributed by atoms with Crippen molar-refractivity contribution in [2.75, 3.05) is 26.2 Å². The molecule has 2 bridgehead atoms. The van der Waals surface area contributed by atoms with E-state index in [-0.39, 0.29) is 18.0 Å². The predicted octanol–water partition coefficient (Wildman–Crippen LogP) is 0.725. The number of amides is 1. The smallest absolute Gasteiger partial charge is 0.234 e. The van der Waals surface area contributed by atoms with Crippen molar-refractivity contribution in [1.29, 1.82) is 5.26 Å². The Morgan fingerprint density at radius 3 is 3.00 bits per heavy atom. The highest BCUT2D eigenvalue weighted by molar-refractivity contribution is 5.78. The van der Waals surface area contributed by atoms with Crippen LogP contribution in [0.3, 0.4) is 0 Å². The number of piperazine rings is 1. The molecule has 0 spiro atoms. The van der Waals surface area contributed by atoms with Gasteiger partial charge >= 0.3 is 0 Å². The Hall–Kier alpha value is -1.12. The lowest BCUT2D eigenvalue weighted by Gasteiger charge is -2.33. The zero-order valence-corrected chi connectivity index (χ0v) is 12.8. The summed E-state index contributed by atoms with van der Waals surface area (Å²) in [7, 11) is 0. The lowest BCUT2D eigenvalue weighted by molar-refractivity contribution is -0.123. The number of nitriles is 1. The van der Waals surface area contributed by atoms with E-state index in [1.165, 1.54) is 25.7 Å². The van der Waals surface area contributed by atoms with Gasteiger partial charge < -0.3 is 10.6 Å². The van der Waals surface area contributed by atoms with Crippen molar-refractivity contribution in [3.8, 4) is 6.07 Å². The first-order valence-electron chi connectivity index (χ1n) is 8.31. The lowest BCUT2D eigenvalue weighted by Crippen LogP contribution is -2.54. The van der Waals surface area contributed by atoms with Gasteiger partial charge in [-0.3, -0.25) is 9.69 Å². The molecule has 2 aliphatic carbocycles. The van der Waals surface area contributed by atoms with Crippen LogP contribution >= 0.6 is 0 Å². The van der Waals surface area contributed by atoms with E-state index < -0.39 is 0 Å². The molecule has 0 aromatic heterocycles. The van der Waals surface area contributed by atoms with Crippen LogP contribution in [0.5, 0.6) is 0 Å². The van der Waals surface area contributed by atoms with Gasteiger partial charge in [0, 0.05) is 25.7 Å². The highest BCUT2D eigenvalue weighted by atomic mass is 16.2. The van der Waals surface area contributed by atoms with Crippen LogP contribution in [-0.2, 0) is 4.79 Å². The van der Waals surface area contributed by atoms with Crippen molar-refractivity contribution >= 4 is 5.91 Å². The van der Waals surface area contributed by atoms with Gasteiger partial charge in [0.1, 0.15) is 6.04 Å². The number of rotatable bonds is 4. The second-order valence-corrected chi connectivity index (χ2v) is 7.01. The van der Waals surface area contributed by atoms with Crippen molar-refractivity contribution in [1.82, 2.24) is 15.5 Å². The van der Waals surface area contributed by atoms with Gasteiger partial charge in [0.15, 0.2) is 0 Å². The minimum atomic E-state index is -0.178. The normalized spacial score (nSPS) is 37.1. The second-order valence-electron chi connectivity index (χ2n) is 7.01. The lowest BCUT2D eigenvalue weighted by atomic mass is 9.84. The molecule has 5 atom stereocenters. The second kappa shape index (κ2) is 6.33. The summed E-state index contributed by atoms with van der Waals surface area (Å²) in [6.07, 6.45) is 5.41. The number of fused-ring (bicyclic) bond motifs is 2. The minimum absolute atomic E-state index is 0.0763. The fraction of sp³-hybridized carbons (Fsp3) is 0.875. The van der Waals surface area contributed by atoms with Crippen LogP contribution in [0.2, 0.25) is 0 Å². The van der Waals surface area contributed by atoms with Crippen molar-refractivity contribution in [2.45, 2.75) is 44.7 Å². The summed E-state index contributed by atoms with van der Waals surface area (Å²) in [5, 5.41) is 15.5. The summed E-state index contributed by atoms with van der Waals surface area (Å²) < 4.78 is 0. The van der Waals surface area contributed by atoms with E-state index in [9.17, 15) is 4.79 Å². The van der Waals surface area contributed by atoms with Gasteiger partial charge in [0.25, 0.3) is 0 Å². The van der Waals surface area contributed by atoms with E-state index >= 15 is 0 Å². The average Bonchev–Trinajstić information content (AvgIpc) is 3.10. The molecule has 2 saturated carbocycles. The Morgan fingerprint density at radius 1 is 1.48 bits per heavy atom. The molecule has 0 aromatic carbocycles. The SMILES string of the molecule is CC(NC(=O)CN1CCNCC1C#N)C1CC2CCC1C2. The molecule has 5 heteroatoms. The summed E-state index contributed by atoms with van der Waals surface area (Å²) in [4.78, 5) is 14.2. The van der Waals surface area contributed by atoms with Crippen LogP contribution < -0.4 is 10.6 Å². The summed E-state index contributed by atoms with van der Waals surface area (Å²) in [5.41, 5.74) is 0. The van der Waals surface area contributed by atoms with Crippen molar-refractivity contribution in [2.24, 2.45) is 17.8 Å². The molecule has 2 N–H and O–H groups in total. The number of carbonyl (C=O) groups excluding carboxylic acids is 1. The van der Waals surface area contributed by atoms with E-state index in [1.54, 1.807) is 0 Å². The van der Waals surface area contributed by atoms with Crippen LogP contribution in [0.4, 0.5) is 0 Å². The van der Waals surface area contributed by atoms with Gasteiger partial charge in [-0.05, 0) is 43.9 Å². The molecule has 5 unspecified atom stereocenters. The summed E-state index contributed by atoms with van der Waals surface area (Å²) in [5.74, 6) is 2.49. The molecule has 0 aromatic rings. The average molecular weight is 290 g/mol. The topological polar surface area (TPSA) is 68.2 Å². The molecule has 0 radical (unpaired) electrons. The van der Waals surface area contributed by atoms with Crippen LogP contribution in [-0.4, -0.2) is 49.1 Å². The molecule has 1 amide bonds. The van der Waals surface area contributed by atoms with E-state index in [1.807, 2.05) is 4.90 Å². The molecule has 1 aliphatic heterocycles. The molecule has 1 saturated heterocycles. The van der Waals surface area contributed by atoms with Gasteiger partial charge in [-0.1, -0.05) is 6.42 Å². The zero-order chi connectivity index (χ0) is 14.8. The molecule has 116 valence electrons. The van der Waals surface area contributed by atoms with Crippen LogP contribution in [0.1, 0.15) is 32.6 Å². The molecule has 21 heavy (non-hydrogen) atoms. The quantitative estimate of drug-likeness (QED) is 0.801. The van der Waals surface area contributed by atoms with Gasteiger partial charge in [0.05, 0.1) is 12.6 Å². The zero-order valence-electron chi connectivity index (χ0n) is 12.8. The van der Waals surface area contributed by atoms with Crippen molar-refractivity contribution in [3.63, 3.8) is 0 Å². The Bertz CT molecular complexity index is 432. The Morgan fingerprint density at radius 2 is 2.33 bits per heavy atom. The van der Waals surface area contributed by atoms with Crippen LogP contribution in [0, 0.1) is 29.1 Å². The first-order chi connectivity index (χ1) is 10.2. The summed E-state index contributed by atoms with van der Waals surface area (Å²) in [6.45, 7) is 4.79. The number of nitrogens with zero attached hydrogens (tertiary/aromatic N) is 2. The fourth-order valence-electron chi connectivity index (χ4n) is 4.56. The summed E-state index contributed by atoms with van der Waals surface area (Å²) in [6, 6.07) is 2.37. The highest BCUT2D eigenvalue weighted by Gasteiger charge is 2.42. The van der Waals surface area contributed by atoms with E-state index in [4.69, 9.17) is 5.26 Å². The van der Waals surface area contributed by atoms with Gasteiger partial charge in [-0.25, -0.2) is 0 Å². The molecular weight excluding hydrogens is 264 g/mol. The third-order valence-electron chi connectivity index (χ3n) is 5.67. The maximum Gasteiger partial charge on any atom is 0.234 e. The highest BCUT2D eigenvalue weighted by Crippen LogP contribution is 2.49. The minimum Gasteiger partial charge on any atom is -0.352 e. The Labute approximate surface area is 127 Å². The number of hydrogen-bond acceptors (Lipinski definition) is 4. The van der Waals surface area contributed by atoms with Crippen molar-refractivity contribution in [3.05, 3.63) is 0 Å². The maximum atomic E-state index is 12.3. The largest absolute Gasteiger partial charge is 0.352 e. The summed E-state index contributed by atoms with van der Waals surface area (Å²) >= 11 is 0. The van der Waals surface area contributed by atoms with Crippen LogP contribution in [0.25, 0.3) is 0 Å². The Balaban J connectivity index is 1.48. The molecule has 3 rings (SSSR count). The van der Waals surface area contributed by atoms with Gasteiger partial charge in [-0.15, -0.1) is 0 Å². The molecule has 3 aliphatic rings. The predicted molar refractivity (Wildman–Crippen MR) is 80.4 cm³/mol. The molecule has 3 fully saturated rings. The maximum absolute atomic E-state index is 12.3. The fourth-order valence-corrected chi connectivity index (χ4v) is 4.56. The van der Waals surface area contributed by atoms with Crippen LogP contribution in [0.15, 0.2) is 0 Å². The third kappa shape index (κ3) is 3.22. The standard InChI is InChI=1S/C16H26N4O/c1-11(15-7-12-2-3-13(15)6-12)19-16(21)10-20-5-4-18-9-14(20)8-17/h11-15,18H,2-7,9-10H2,1H3,(H,19,21). The number of carbonyl (C=O) groups is 1. The van der Waals surface area contributed by atoms with Gasteiger partial charge in [-0.2, -0.15) is 5.26 Å². The third-order valence-corrected chi connectivity index (χ3v) is 5.67. The Kier molecular flexibility index (Phi) is 4.46. The monoisotopic (exact) mass is 290 g/mol. The van der Waals surface area contributed by atoms with Gasteiger partial charge in [0.2, 0.25) is 5.91 Å². The first-order valence-corrected chi connectivity index (χ1v) is 8.31. The van der Waals surface area contributed by atoms with E-state index in [0.717, 1.165) is 24.9 Å². The van der Waals surface area contributed by atoms with E-state index in [0.29, 0.717) is 19.0 Å². The molecular formula is C16H26N4O. The first kappa shape index (κ1) is 14.8. The van der Waals surface area contributed by atoms with Crippen molar-refractivity contribution < 1.29 is 4.79 Å². The number of nitrogens with one attached hydrogen (secondary N) is 2. The number of hydrogen-bond donors (Lipinski definition) is 2. The van der Waals surface area contributed by atoms with E-state index in [2.05, 4.69) is 23.6 Å².